The Hall–Kier alpha value is -3.05. The first-order valence-corrected chi connectivity index (χ1v) is 15.1. The van der Waals surface area contributed by atoms with Crippen molar-refractivity contribution < 1.29 is 0 Å². The van der Waals surface area contributed by atoms with Crippen LogP contribution in [0, 0.1) is 5.92 Å². The third kappa shape index (κ3) is 5.51. The zero-order valence-corrected chi connectivity index (χ0v) is 25.0. The fourth-order valence-corrected chi connectivity index (χ4v) is 5.97. The van der Waals surface area contributed by atoms with Crippen molar-refractivity contribution >= 4 is 5.84 Å². The van der Waals surface area contributed by atoms with Crippen molar-refractivity contribution in [2.45, 2.75) is 79.7 Å². The lowest BCUT2D eigenvalue weighted by molar-refractivity contribution is 0.111. The molecule has 0 aromatic rings. The number of likely N-dealkylation sites (N-methyl/N-ethyl adjacent to an activating group) is 1. The number of hydrogen-bond acceptors (Lipinski definition) is 5. The zero-order valence-electron chi connectivity index (χ0n) is 25.0. The molecular formula is C34H47N5. The van der Waals surface area contributed by atoms with E-state index in [1.807, 2.05) is 0 Å². The monoisotopic (exact) mass is 525 g/mol. The summed E-state index contributed by atoms with van der Waals surface area (Å²) in [5.74, 6) is 1.56. The highest BCUT2D eigenvalue weighted by atomic mass is 15.3. The van der Waals surface area contributed by atoms with E-state index < -0.39 is 0 Å². The number of rotatable bonds is 7. The highest BCUT2D eigenvalue weighted by Gasteiger charge is 2.30. The maximum atomic E-state index is 5.22. The van der Waals surface area contributed by atoms with Crippen molar-refractivity contribution in [2.75, 3.05) is 26.2 Å². The van der Waals surface area contributed by atoms with Crippen LogP contribution in [0.1, 0.15) is 73.6 Å². The van der Waals surface area contributed by atoms with Crippen molar-refractivity contribution in [3.63, 3.8) is 0 Å². The van der Waals surface area contributed by atoms with E-state index in [1.165, 1.54) is 41.8 Å². The van der Waals surface area contributed by atoms with Gasteiger partial charge in [0, 0.05) is 61.2 Å². The third-order valence-electron chi connectivity index (χ3n) is 9.23. The molecule has 1 aliphatic carbocycles. The lowest BCUT2D eigenvalue weighted by Gasteiger charge is -2.42. The van der Waals surface area contributed by atoms with Crippen molar-refractivity contribution in [1.29, 1.82) is 0 Å². The molecule has 208 valence electrons. The Labute approximate surface area is 236 Å². The van der Waals surface area contributed by atoms with E-state index in [2.05, 4.69) is 111 Å². The quantitative estimate of drug-likeness (QED) is 0.344. The van der Waals surface area contributed by atoms with Gasteiger partial charge >= 0.3 is 0 Å². The highest BCUT2D eigenvalue weighted by Crippen LogP contribution is 2.38. The van der Waals surface area contributed by atoms with Crippen LogP contribution in [0.2, 0.25) is 0 Å². The van der Waals surface area contributed by atoms with Gasteiger partial charge in [0.1, 0.15) is 5.84 Å². The summed E-state index contributed by atoms with van der Waals surface area (Å²) in [7, 11) is 0. The zero-order chi connectivity index (χ0) is 27.7. The van der Waals surface area contributed by atoms with Gasteiger partial charge in [-0.15, -0.1) is 0 Å². The molecule has 0 N–H and O–H groups in total. The minimum Gasteiger partial charge on any atom is -0.367 e. The van der Waals surface area contributed by atoms with E-state index in [-0.39, 0.29) is 0 Å². The summed E-state index contributed by atoms with van der Waals surface area (Å²) in [6, 6.07) is 0.568. The topological polar surface area (TPSA) is 25.3 Å². The fourth-order valence-electron chi connectivity index (χ4n) is 5.97. The number of piperazine rings is 1. The first kappa shape index (κ1) is 27.5. The van der Waals surface area contributed by atoms with Gasteiger partial charge in [-0.3, -0.25) is 9.80 Å². The molecule has 2 atom stereocenters. The first-order chi connectivity index (χ1) is 18.8. The van der Waals surface area contributed by atoms with Crippen LogP contribution in [-0.4, -0.2) is 57.7 Å². The van der Waals surface area contributed by atoms with Crippen LogP contribution in [-0.2, 0) is 0 Å². The molecule has 5 heteroatoms. The maximum Gasteiger partial charge on any atom is 0.137 e. The van der Waals surface area contributed by atoms with Gasteiger partial charge in [0.25, 0.3) is 0 Å². The maximum absolute atomic E-state index is 5.22. The number of aliphatic imine (C=N–C) groups is 1. The van der Waals surface area contributed by atoms with Crippen molar-refractivity contribution in [3.8, 4) is 0 Å². The van der Waals surface area contributed by atoms with Gasteiger partial charge in [-0.05, 0) is 93.9 Å². The number of amidine groups is 1. The van der Waals surface area contributed by atoms with Gasteiger partial charge in [0.05, 0.1) is 11.4 Å². The van der Waals surface area contributed by atoms with Crippen LogP contribution in [0.4, 0.5) is 0 Å². The molecule has 5 rings (SSSR count). The normalized spacial score (nSPS) is 25.0. The Kier molecular flexibility index (Phi) is 8.18. The predicted octanol–water partition coefficient (Wildman–Crippen LogP) is 7.46. The van der Waals surface area contributed by atoms with Crippen LogP contribution in [0.5, 0.6) is 0 Å². The molecule has 0 bridgehead atoms. The smallest absolute Gasteiger partial charge is 0.137 e. The molecule has 0 aromatic carbocycles. The van der Waals surface area contributed by atoms with Gasteiger partial charge in [-0.25, -0.2) is 4.99 Å². The van der Waals surface area contributed by atoms with Crippen LogP contribution < -0.4 is 0 Å². The van der Waals surface area contributed by atoms with Gasteiger partial charge in [0.2, 0.25) is 0 Å². The second-order valence-electron chi connectivity index (χ2n) is 11.7. The summed E-state index contributed by atoms with van der Waals surface area (Å²) in [5.41, 5.74) is 10.1. The largest absolute Gasteiger partial charge is 0.367 e. The minimum absolute atomic E-state index is 0.546. The third-order valence-corrected chi connectivity index (χ3v) is 9.23. The molecule has 0 aromatic heterocycles. The summed E-state index contributed by atoms with van der Waals surface area (Å²) in [4.78, 5) is 14.9. The molecule has 5 nitrogen and oxygen atoms in total. The van der Waals surface area contributed by atoms with Gasteiger partial charge in [0.15, 0.2) is 0 Å². The van der Waals surface area contributed by atoms with E-state index in [0.717, 1.165) is 61.8 Å². The molecule has 1 saturated carbocycles. The van der Waals surface area contributed by atoms with Crippen molar-refractivity contribution in [3.05, 3.63) is 94.6 Å². The average molecular weight is 526 g/mol. The number of nitrogens with zero attached hydrogens (tertiary/aromatic N) is 5. The Morgan fingerprint density at radius 3 is 2.56 bits per heavy atom. The van der Waals surface area contributed by atoms with Crippen LogP contribution >= 0.6 is 0 Å². The second-order valence-corrected chi connectivity index (χ2v) is 11.7. The molecule has 0 spiro atoms. The van der Waals surface area contributed by atoms with Gasteiger partial charge < -0.3 is 9.80 Å². The molecule has 1 unspecified atom stereocenters. The van der Waals surface area contributed by atoms with Crippen LogP contribution in [0.25, 0.3) is 0 Å². The Balaban J connectivity index is 1.48. The molecule has 0 amide bonds. The molecule has 4 heterocycles. The Morgan fingerprint density at radius 1 is 1.13 bits per heavy atom. The average Bonchev–Trinajstić information content (AvgIpc) is 2.92. The second kappa shape index (κ2) is 11.6. The minimum atomic E-state index is 0.546. The SMILES string of the molecule is C=C1C(CC)=CC(C2=CC(=C3CCC3)N3C=C(N4CCN(CC)[C@H](C)C4)C=CC3=N2)=CN1/C=C(/C)C(C)CC. The molecule has 1 saturated heterocycles. The number of fused-ring (bicyclic) bond motifs is 1. The van der Waals surface area contributed by atoms with E-state index in [0.29, 0.717) is 12.0 Å². The number of allylic oxidation sites excluding steroid dienone is 6. The van der Waals surface area contributed by atoms with Crippen molar-refractivity contribution in [1.82, 2.24) is 19.6 Å². The molecule has 0 radical (unpaired) electrons. The van der Waals surface area contributed by atoms with E-state index in [1.54, 1.807) is 5.57 Å². The lowest BCUT2D eigenvalue weighted by atomic mass is 9.88. The van der Waals surface area contributed by atoms with E-state index in [9.17, 15) is 0 Å². The van der Waals surface area contributed by atoms with Gasteiger partial charge in [-0.2, -0.15) is 0 Å². The summed E-state index contributed by atoms with van der Waals surface area (Å²) in [5, 5.41) is 0. The standard InChI is InChI=1S/C34H47N5/c1-8-24(4)25(5)20-38-22-30(18-28(9-2)27(38)7)32-19-33(29-12-11-13-29)39-23-31(14-15-34(39)35-32)37-17-16-36(10-3)26(6)21-37/h14-15,18-20,22-24,26H,7-13,16-17,21H2,1-6H3/b25-20-/t24?,26-/m1/s1. The summed E-state index contributed by atoms with van der Waals surface area (Å²) in [6.45, 7) is 22.4. The summed E-state index contributed by atoms with van der Waals surface area (Å²) in [6.07, 6.45) is 21.6. The highest BCUT2D eigenvalue weighted by molar-refractivity contribution is 5.99. The predicted molar refractivity (Wildman–Crippen MR) is 164 cm³/mol. The Bertz CT molecular complexity index is 1240. The molecule has 5 aliphatic rings. The van der Waals surface area contributed by atoms with E-state index in [4.69, 9.17) is 4.99 Å². The van der Waals surface area contributed by atoms with Crippen molar-refractivity contribution in [2.24, 2.45) is 10.9 Å². The molecule has 2 fully saturated rings. The van der Waals surface area contributed by atoms with Crippen LogP contribution in [0.3, 0.4) is 0 Å². The number of hydrogen-bond donors (Lipinski definition) is 0. The van der Waals surface area contributed by atoms with Crippen LogP contribution in [0.15, 0.2) is 99.6 Å². The van der Waals surface area contributed by atoms with Gasteiger partial charge in [-0.1, -0.05) is 39.8 Å². The molecule has 4 aliphatic heterocycles. The lowest BCUT2D eigenvalue weighted by Crippen LogP contribution is -2.51. The summed E-state index contributed by atoms with van der Waals surface area (Å²) < 4.78 is 0. The fraction of sp³-hybridized carbons (Fsp3) is 0.500. The first-order valence-electron chi connectivity index (χ1n) is 15.1. The van der Waals surface area contributed by atoms with E-state index >= 15 is 0 Å². The Morgan fingerprint density at radius 2 is 1.92 bits per heavy atom. The summed E-state index contributed by atoms with van der Waals surface area (Å²) >= 11 is 0. The molecular weight excluding hydrogens is 478 g/mol. The molecule has 39 heavy (non-hydrogen) atoms.